The monoisotopic (exact) mass is 406 g/mol. The van der Waals surface area contributed by atoms with Crippen LogP contribution in [-0.4, -0.2) is 59.3 Å². The molecular formula is C22H22N4O4. The van der Waals surface area contributed by atoms with Crippen LogP contribution >= 0.6 is 0 Å². The largest absolute Gasteiger partial charge is 0.448 e. The zero-order valence-electron chi connectivity index (χ0n) is 16.6. The summed E-state index contributed by atoms with van der Waals surface area (Å²) < 4.78 is 5.38. The van der Waals surface area contributed by atoms with E-state index in [0.29, 0.717) is 37.0 Å². The molecule has 8 heteroatoms. The van der Waals surface area contributed by atoms with Crippen molar-refractivity contribution in [3.63, 3.8) is 0 Å². The average molecular weight is 406 g/mol. The van der Waals surface area contributed by atoms with Gasteiger partial charge >= 0.3 is 5.97 Å². The second kappa shape index (κ2) is 8.36. The van der Waals surface area contributed by atoms with Crippen LogP contribution in [0, 0.1) is 0 Å². The molecule has 1 aliphatic heterocycles. The molecule has 30 heavy (non-hydrogen) atoms. The van der Waals surface area contributed by atoms with E-state index in [4.69, 9.17) is 4.74 Å². The van der Waals surface area contributed by atoms with Crippen LogP contribution < -0.4 is 10.5 Å². The lowest BCUT2D eigenvalue weighted by atomic mass is 10.1. The molecule has 0 spiro atoms. The third-order valence-corrected chi connectivity index (χ3v) is 5.23. The molecule has 8 nitrogen and oxygen atoms in total. The van der Waals surface area contributed by atoms with Crippen LogP contribution in [0.3, 0.4) is 0 Å². The van der Waals surface area contributed by atoms with Crippen molar-refractivity contribution in [3.05, 3.63) is 70.6 Å². The lowest BCUT2D eigenvalue weighted by molar-refractivity contribution is -0.140. The molecule has 2 aromatic carbocycles. The predicted octanol–water partition coefficient (Wildman–Crippen LogP) is 1.82. The standard InChI is InChI=1S/C22H22N4O4/c1-15(21(28)26-13-11-25(12-14-26)16-7-3-2-4-8-16)30-22(29)19-17-9-5-6-10-18(17)20(27)24-23-19/h2-10,15H,11-14H2,1H3,(H,24,27)/t15-/m0/s1. The fraction of sp³-hybridized carbons (Fsp3) is 0.273. The molecule has 0 aliphatic carbocycles. The smallest absolute Gasteiger partial charge is 0.360 e. The van der Waals surface area contributed by atoms with E-state index < -0.39 is 12.1 Å². The molecule has 1 saturated heterocycles. The predicted molar refractivity (Wildman–Crippen MR) is 112 cm³/mol. The first-order chi connectivity index (χ1) is 14.5. The second-order valence-corrected chi connectivity index (χ2v) is 7.14. The highest BCUT2D eigenvalue weighted by Crippen LogP contribution is 2.17. The number of piperazine rings is 1. The Morgan fingerprint density at radius 2 is 1.60 bits per heavy atom. The Morgan fingerprint density at radius 1 is 0.967 bits per heavy atom. The number of fused-ring (bicyclic) bond motifs is 1. The fourth-order valence-corrected chi connectivity index (χ4v) is 3.62. The van der Waals surface area contributed by atoms with E-state index in [0.717, 1.165) is 5.69 Å². The number of aromatic amines is 1. The van der Waals surface area contributed by atoms with Gasteiger partial charge in [0.15, 0.2) is 11.8 Å². The van der Waals surface area contributed by atoms with Gasteiger partial charge in [0, 0.05) is 37.3 Å². The molecule has 1 fully saturated rings. The number of ether oxygens (including phenoxy) is 1. The highest BCUT2D eigenvalue weighted by molar-refractivity contribution is 6.02. The number of nitrogens with zero attached hydrogens (tertiary/aromatic N) is 3. The zero-order chi connectivity index (χ0) is 21.1. The number of esters is 1. The number of hydrogen-bond donors (Lipinski definition) is 1. The number of para-hydroxylation sites is 1. The summed E-state index contributed by atoms with van der Waals surface area (Å²) in [7, 11) is 0. The van der Waals surface area contributed by atoms with Gasteiger partial charge in [-0.25, -0.2) is 9.89 Å². The third-order valence-electron chi connectivity index (χ3n) is 5.23. The summed E-state index contributed by atoms with van der Waals surface area (Å²) in [4.78, 5) is 41.2. The van der Waals surface area contributed by atoms with Crippen LogP contribution in [0.4, 0.5) is 5.69 Å². The lowest BCUT2D eigenvalue weighted by Gasteiger charge is -2.37. The molecule has 0 radical (unpaired) electrons. The molecule has 2 heterocycles. The van der Waals surface area contributed by atoms with Gasteiger partial charge in [0.2, 0.25) is 0 Å². The van der Waals surface area contributed by atoms with Crippen LogP contribution in [-0.2, 0) is 9.53 Å². The number of aromatic nitrogens is 2. The molecule has 0 unspecified atom stereocenters. The van der Waals surface area contributed by atoms with E-state index in [9.17, 15) is 14.4 Å². The number of hydrogen-bond acceptors (Lipinski definition) is 6. The molecule has 0 saturated carbocycles. The van der Waals surface area contributed by atoms with Gasteiger partial charge < -0.3 is 14.5 Å². The quantitative estimate of drug-likeness (QED) is 0.664. The summed E-state index contributed by atoms with van der Waals surface area (Å²) >= 11 is 0. The average Bonchev–Trinajstić information content (AvgIpc) is 2.79. The van der Waals surface area contributed by atoms with Crippen LogP contribution in [0.25, 0.3) is 10.8 Å². The maximum Gasteiger partial charge on any atom is 0.360 e. The minimum Gasteiger partial charge on any atom is -0.448 e. The van der Waals surface area contributed by atoms with Gasteiger partial charge in [0.25, 0.3) is 11.5 Å². The van der Waals surface area contributed by atoms with Crippen molar-refractivity contribution in [2.75, 3.05) is 31.1 Å². The van der Waals surface area contributed by atoms with Gasteiger partial charge in [-0.15, -0.1) is 0 Å². The number of carbonyl (C=O) groups excluding carboxylic acids is 2. The summed E-state index contributed by atoms with van der Waals surface area (Å²) in [6, 6.07) is 16.7. The number of H-pyrrole nitrogens is 1. The van der Waals surface area contributed by atoms with Crippen molar-refractivity contribution < 1.29 is 14.3 Å². The molecule has 0 bridgehead atoms. The van der Waals surface area contributed by atoms with Gasteiger partial charge in [0.05, 0.1) is 5.39 Å². The maximum absolute atomic E-state index is 12.8. The van der Waals surface area contributed by atoms with E-state index in [-0.39, 0.29) is 17.2 Å². The molecule has 1 N–H and O–H groups in total. The first kappa shape index (κ1) is 19.6. The number of nitrogens with one attached hydrogen (secondary N) is 1. The molecule has 154 valence electrons. The maximum atomic E-state index is 12.8. The van der Waals surface area contributed by atoms with Crippen LogP contribution in [0.1, 0.15) is 17.4 Å². The molecule has 4 rings (SSSR count). The summed E-state index contributed by atoms with van der Waals surface area (Å²) in [5.41, 5.74) is 0.724. The van der Waals surface area contributed by atoms with Gasteiger partial charge in [-0.1, -0.05) is 36.4 Å². The van der Waals surface area contributed by atoms with Gasteiger partial charge in [-0.2, -0.15) is 5.10 Å². The van der Waals surface area contributed by atoms with Crippen molar-refractivity contribution in [1.82, 2.24) is 15.1 Å². The molecule has 1 amide bonds. The van der Waals surface area contributed by atoms with Crippen LogP contribution in [0.15, 0.2) is 59.4 Å². The van der Waals surface area contributed by atoms with E-state index >= 15 is 0 Å². The first-order valence-electron chi connectivity index (χ1n) is 9.82. The Bertz CT molecular complexity index is 1120. The summed E-state index contributed by atoms with van der Waals surface area (Å²) in [6.07, 6.45) is -0.951. The van der Waals surface area contributed by atoms with Gasteiger partial charge in [-0.05, 0) is 25.1 Å². The minimum atomic E-state index is -0.951. The summed E-state index contributed by atoms with van der Waals surface area (Å²) in [6.45, 7) is 4.08. The highest BCUT2D eigenvalue weighted by atomic mass is 16.5. The zero-order valence-corrected chi connectivity index (χ0v) is 16.6. The Morgan fingerprint density at radius 3 is 2.30 bits per heavy atom. The highest BCUT2D eigenvalue weighted by Gasteiger charge is 2.28. The Kier molecular flexibility index (Phi) is 5.47. The second-order valence-electron chi connectivity index (χ2n) is 7.14. The Hall–Kier alpha value is -3.68. The van der Waals surface area contributed by atoms with Crippen molar-refractivity contribution in [1.29, 1.82) is 0 Å². The van der Waals surface area contributed by atoms with E-state index in [1.165, 1.54) is 0 Å². The van der Waals surface area contributed by atoms with Gasteiger partial charge in [0.1, 0.15) is 0 Å². The molecule has 1 aromatic heterocycles. The van der Waals surface area contributed by atoms with Gasteiger partial charge in [-0.3, -0.25) is 9.59 Å². The summed E-state index contributed by atoms with van der Waals surface area (Å²) in [5.74, 6) is -0.990. The number of anilines is 1. The molecule has 1 atom stereocenters. The van der Waals surface area contributed by atoms with E-state index in [1.54, 1.807) is 36.1 Å². The van der Waals surface area contributed by atoms with Crippen molar-refractivity contribution in [2.24, 2.45) is 0 Å². The number of carbonyl (C=O) groups is 2. The Labute approximate surface area is 173 Å². The van der Waals surface area contributed by atoms with E-state index in [1.807, 2.05) is 30.3 Å². The normalized spacial score (nSPS) is 15.1. The Balaban J connectivity index is 1.40. The van der Waals surface area contributed by atoms with Crippen LogP contribution in [0.5, 0.6) is 0 Å². The van der Waals surface area contributed by atoms with E-state index in [2.05, 4.69) is 15.1 Å². The number of amides is 1. The first-order valence-corrected chi connectivity index (χ1v) is 9.82. The molecule has 1 aliphatic rings. The molecule has 3 aromatic rings. The van der Waals surface area contributed by atoms with Crippen molar-refractivity contribution in [2.45, 2.75) is 13.0 Å². The summed E-state index contributed by atoms with van der Waals surface area (Å²) in [5, 5.41) is 6.87. The minimum absolute atomic E-state index is 0.0150. The SMILES string of the molecule is C[C@H](OC(=O)c1n[nH]c(=O)c2ccccc12)C(=O)N1CCN(c2ccccc2)CC1. The van der Waals surface area contributed by atoms with Crippen molar-refractivity contribution in [3.8, 4) is 0 Å². The molecular weight excluding hydrogens is 384 g/mol. The third kappa shape index (κ3) is 3.89. The number of rotatable bonds is 4. The fourth-order valence-electron chi connectivity index (χ4n) is 3.62. The number of benzene rings is 2. The topological polar surface area (TPSA) is 95.6 Å². The lowest BCUT2D eigenvalue weighted by Crippen LogP contribution is -2.51. The van der Waals surface area contributed by atoms with Crippen molar-refractivity contribution >= 4 is 28.3 Å². The van der Waals surface area contributed by atoms with Crippen LogP contribution in [0.2, 0.25) is 0 Å².